The molecule has 0 N–H and O–H groups in total. The van der Waals surface area contributed by atoms with E-state index in [9.17, 15) is 4.79 Å². The van der Waals surface area contributed by atoms with Gasteiger partial charge in [0.2, 0.25) is 5.91 Å². The Morgan fingerprint density at radius 3 is 2.68 bits per heavy atom. The van der Waals surface area contributed by atoms with Crippen molar-refractivity contribution in [2.75, 3.05) is 26.7 Å². The van der Waals surface area contributed by atoms with Crippen molar-refractivity contribution in [2.24, 2.45) is 0 Å². The Kier molecular flexibility index (Phi) is 5.65. The molecule has 1 fully saturated rings. The molecule has 2 aliphatic heterocycles. The van der Waals surface area contributed by atoms with Gasteiger partial charge in [-0.2, -0.15) is 0 Å². The predicted octanol–water partition coefficient (Wildman–Crippen LogP) is 4.44. The number of likely N-dealkylation sites (tertiary alicyclic amines) is 1. The molecule has 0 bridgehead atoms. The van der Waals surface area contributed by atoms with Crippen molar-refractivity contribution in [1.82, 2.24) is 9.80 Å². The number of ether oxygens (including phenoxy) is 1. The summed E-state index contributed by atoms with van der Waals surface area (Å²) in [5, 5.41) is 2.37. The molecule has 2 heterocycles. The van der Waals surface area contributed by atoms with Gasteiger partial charge in [-0.15, -0.1) is 0 Å². The first kappa shape index (κ1) is 20.1. The van der Waals surface area contributed by atoms with E-state index in [1.54, 1.807) is 7.11 Å². The number of carbonyl (C=O) groups is 1. The number of aryl methyl sites for hydroxylation is 1. The molecule has 3 aromatic rings. The highest BCUT2D eigenvalue weighted by molar-refractivity contribution is 5.88. The largest absolute Gasteiger partial charge is 0.496 e. The minimum Gasteiger partial charge on any atom is -0.496 e. The van der Waals surface area contributed by atoms with Crippen LogP contribution in [0.4, 0.5) is 0 Å². The van der Waals surface area contributed by atoms with Gasteiger partial charge in [-0.05, 0) is 47.2 Å². The smallest absolute Gasteiger partial charge is 0.222 e. The molecule has 0 aliphatic carbocycles. The van der Waals surface area contributed by atoms with E-state index >= 15 is 0 Å². The summed E-state index contributed by atoms with van der Waals surface area (Å²) in [6.07, 6.45) is 3.43. The highest BCUT2D eigenvalue weighted by atomic mass is 16.5. The molecule has 4 nitrogen and oxygen atoms in total. The zero-order valence-electron chi connectivity index (χ0n) is 18.2. The van der Waals surface area contributed by atoms with Crippen LogP contribution in [0.5, 0.6) is 5.75 Å². The van der Waals surface area contributed by atoms with E-state index in [0.717, 1.165) is 50.3 Å². The van der Waals surface area contributed by atoms with Crippen LogP contribution in [0.1, 0.15) is 29.5 Å². The number of hydrogen-bond donors (Lipinski definition) is 0. The number of carbonyl (C=O) groups excluding carboxylic acids is 1. The predicted molar refractivity (Wildman–Crippen MR) is 124 cm³/mol. The summed E-state index contributed by atoms with van der Waals surface area (Å²) in [6, 6.07) is 21.7. The van der Waals surface area contributed by atoms with Gasteiger partial charge in [0.25, 0.3) is 0 Å². The van der Waals surface area contributed by atoms with Gasteiger partial charge in [-0.3, -0.25) is 9.69 Å². The summed E-state index contributed by atoms with van der Waals surface area (Å²) in [6.45, 7) is 3.83. The minimum atomic E-state index is 0.259. The molecule has 3 aromatic carbocycles. The van der Waals surface area contributed by atoms with Gasteiger partial charge in [-0.1, -0.05) is 54.6 Å². The van der Waals surface area contributed by atoms with Gasteiger partial charge in [0.1, 0.15) is 5.75 Å². The fourth-order valence-corrected chi connectivity index (χ4v) is 5.25. The zero-order valence-corrected chi connectivity index (χ0v) is 18.2. The summed E-state index contributed by atoms with van der Waals surface area (Å²) in [5.41, 5.74) is 4.06. The standard InChI is InChI=1S/C27H30N2O2/c1-31-26-12-10-21-7-4-5-9-24(21)25(26)11-13-27(30)29-17-15-23(19-29)28-16-14-20-6-2-3-8-22(20)18-28/h2-10,12,23H,11,13-19H2,1H3/t23-/m1/s1. The highest BCUT2D eigenvalue weighted by Gasteiger charge is 2.31. The SMILES string of the molecule is COc1ccc2ccccc2c1CCC(=O)N1CC[C@@H](N2CCc3ccccc3C2)C1. The second-order valence-corrected chi connectivity index (χ2v) is 8.74. The van der Waals surface area contributed by atoms with E-state index in [0.29, 0.717) is 18.9 Å². The van der Waals surface area contributed by atoms with E-state index in [1.807, 2.05) is 12.1 Å². The Bertz CT molecular complexity index is 1090. The Hall–Kier alpha value is -2.85. The van der Waals surface area contributed by atoms with Crippen molar-refractivity contribution in [3.8, 4) is 5.75 Å². The molecule has 160 valence electrons. The third-order valence-corrected chi connectivity index (χ3v) is 7.00. The van der Waals surface area contributed by atoms with Crippen LogP contribution in [0.25, 0.3) is 10.8 Å². The molecule has 4 heteroatoms. The van der Waals surface area contributed by atoms with Crippen molar-refractivity contribution in [1.29, 1.82) is 0 Å². The fourth-order valence-electron chi connectivity index (χ4n) is 5.25. The lowest BCUT2D eigenvalue weighted by atomic mass is 9.98. The third-order valence-electron chi connectivity index (χ3n) is 7.00. The number of amides is 1. The van der Waals surface area contributed by atoms with Crippen molar-refractivity contribution >= 4 is 16.7 Å². The van der Waals surface area contributed by atoms with Gasteiger partial charge in [-0.25, -0.2) is 0 Å². The van der Waals surface area contributed by atoms with Gasteiger partial charge in [0.05, 0.1) is 7.11 Å². The van der Waals surface area contributed by atoms with Crippen LogP contribution in [0.3, 0.4) is 0 Å². The Morgan fingerprint density at radius 2 is 1.81 bits per heavy atom. The van der Waals surface area contributed by atoms with E-state index < -0.39 is 0 Å². The van der Waals surface area contributed by atoms with Gasteiger partial charge in [0, 0.05) is 44.2 Å². The molecule has 0 spiro atoms. The molecule has 0 saturated carbocycles. The van der Waals surface area contributed by atoms with Crippen LogP contribution in [0, 0.1) is 0 Å². The molecule has 1 amide bonds. The molecule has 1 saturated heterocycles. The molecule has 0 aromatic heterocycles. The zero-order chi connectivity index (χ0) is 21.2. The first-order chi connectivity index (χ1) is 15.2. The van der Waals surface area contributed by atoms with Crippen molar-refractivity contribution in [3.05, 3.63) is 77.4 Å². The van der Waals surface area contributed by atoms with Crippen LogP contribution in [0.15, 0.2) is 60.7 Å². The van der Waals surface area contributed by atoms with Gasteiger partial charge >= 0.3 is 0 Å². The minimum absolute atomic E-state index is 0.259. The molecule has 0 unspecified atom stereocenters. The Labute approximate surface area is 184 Å². The van der Waals surface area contributed by atoms with E-state index in [1.165, 1.54) is 21.9 Å². The van der Waals surface area contributed by atoms with Crippen LogP contribution in [-0.4, -0.2) is 48.5 Å². The second-order valence-electron chi connectivity index (χ2n) is 8.74. The maximum Gasteiger partial charge on any atom is 0.222 e. The summed E-state index contributed by atoms with van der Waals surface area (Å²) in [7, 11) is 1.71. The first-order valence-electron chi connectivity index (χ1n) is 11.4. The maximum absolute atomic E-state index is 13.0. The average Bonchev–Trinajstić information content (AvgIpc) is 3.32. The summed E-state index contributed by atoms with van der Waals surface area (Å²) < 4.78 is 5.60. The quantitative estimate of drug-likeness (QED) is 0.619. The van der Waals surface area contributed by atoms with E-state index in [4.69, 9.17) is 4.74 Å². The van der Waals surface area contributed by atoms with Crippen molar-refractivity contribution < 1.29 is 9.53 Å². The van der Waals surface area contributed by atoms with Crippen LogP contribution in [0.2, 0.25) is 0 Å². The summed E-state index contributed by atoms with van der Waals surface area (Å²) in [4.78, 5) is 17.7. The maximum atomic E-state index is 13.0. The van der Waals surface area contributed by atoms with Crippen LogP contribution in [-0.2, 0) is 24.2 Å². The van der Waals surface area contributed by atoms with Crippen molar-refractivity contribution in [2.45, 2.75) is 38.3 Å². The summed E-state index contributed by atoms with van der Waals surface area (Å²) >= 11 is 0. The lowest BCUT2D eigenvalue weighted by Crippen LogP contribution is -2.41. The first-order valence-corrected chi connectivity index (χ1v) is 11.4. The van der Waals surface area contributed by atoms with E-state index in [-0.39, 0.29) is 5.91 Å². The lowest BCUT2D eigenvalue weighted by Gasteiger charge is -2.33. The van der Waals surface area contributed by atoms with E-state index in [2.05, 4.69) is 58.3 Å². The number of nitrogens with zero attached hydrogens (tertiary/aromatic N) is 2. The molecular weight excluding hydrogens is 384 g/mol. The van der Waals surface area contributed by atoms with Gasteiger partial charge < -0.3 is 9.64 Å². The molecule has 5 rings (SSSR count). The molecule has 2 aliphatic rings. The normalized spacial score (nSPS) is 18.9. The molecule has 31 heavy (non-hydrogen) atoms. The number of benzene rings is 3. The molecular formula is C27H30N2O2. The average molecular weight is 415 g/mol. The topological polar surface area (TPSA) is 32.8 Å². The number of methoxy groups -OCH3 is 1. The Balaban J connectivity index is 1.22. The van der Waals surface area contributed by atoms with Crippen LogP contribution < -0.4 is 4.74 Å². The number of hydrogen-bond acceptors (Lipinski definition) is 3. The third kappa shape index (κ3) is 4.05. The van der Waals surface area contributed by atoms with Crippen molar-refractivity contribution in [3.63, 3.8) is 0 Å². The monoisotopic (exact) mass is 414 g/mol. The highest BCUT2D eigenvalue weighted by Crippen LogP contribution is 2.30. The molecule has 0 radical (unpaired) electrons. The lowest BCUT2D eigenvalue weighted by molar-refractivity contribution is -0.130. The Morgan fingerprint density at radius 1 is 1.00 bits per heavy atom. The van der Waals surface area contributed by atoms with Crippen LogP contribution >= 0.6 is 0 Å². The second kappa shape index (κ2) is 8.72. The number of rotatable bonds is 5. The summed E-state index contributed by atoms with van der Waals surface area (Å²) in [5.74, 6) is 1.13. The fraction of sp³-hybridized carbons (Fsp3) is 0.370. The molecule has 1 atom stereocenters. The van der Waals surface area contributed by atoms with Gasteiger partial charge in [0.15, 0.2) is 0 Å². The number of fused-ring (bicyclic) bond motifs is 2.